The van der Waals surface area contributed by atoms with Gasteiger partial charge in [-0.05, 0) is 52.7 Å². The highest BCUT2D eigenvalue weighted by Gasteiger charge is 2.26. The van der Waals surface area contributed by atoms with Gasteiger partial charge in [0.1, 0.15) is 22.6 Å². The van der Waals surface area contributed by atoms with E-state index in [0.29, 0.717) is 54.8 Å². The molecule has 3 aromatic rings. The summed E-state index contributed by atoms with van der Waals surface area (Å²) in [6, 6.07) is 4.01. The summed E-state index contributed by atoms with van der Waals surface area (Å²) in [4.78, 5) is 47.2. The number of rotatable bonds is 4. The molecule has 11 nitrogen and oxygen atoms in total. The predicted octanol–water partition coefficient (Wildman–Crippen LogP) is 3.81. The lowest BCUT2D eigenvalue weighted by Gasteiger charge is -2.36. The molecule has 0 radical (unpaired) electrons. The molecular weight excluding hydrogens is 472 g/mol. The average molecular weight is 507 g/mol. The fourth-order valence-corrected chi connectivity index (χ4v) is 4.92. The quantitative estimate of drug-likeness (QED) is 0.563. The zero-order valence-corrected chi connectivity index (χ0v) is 21.9. The summed E-state index contributed by atoms with van der Waals surface area (Å²) in [6.07, 6.45) is 7.35. The normalized spacial score (nSPS) is 16.9. The molecule has 1 N–H and O–H groups in total. The summed E-state index contributed by atoms with van der Waals surface area (Å²) >= 11 is 0. The number of amides is 1. The summed E-state index contributed by atoms with van der Waals surface area (Å²) in [5, 5.41) is 3.16. The molecule has 3 aromatic heterocycles. The second-order valence-electron chi connectivity index (χ2n) is 10.7. The van der Waals surface area contributed by atoms with Crippen LogP contribution in [0.5, 0.6) is 0 Å². The Labute approximate surface area is 215 Å². The minimum absolute atomic E-state index is 0.0849. The number of pyridine rings is 1. The number of nitrogens with zero attached hydrogens (tertiary/aromatic N) is 7. The minimum atomic E-state index is -0.501. The smallest absolute Gasteiger partial charge is 0.410 e. The van der Waals surface area contributed by atoms with Gasteiger partial charge in [-0.3, -0.25) is 9.36 Å². The zero-order valence-electron chi connectivity index (χ0n) is 21.9. The minimum Gasteiger partial charge on any atom is -0.444 e. The van der Waals surface area contributed by atoms with Crippen LogP contribution in [0.15, 0.2) is 29.3 Å². The zero-order chi connectivity index (χ0) is 26.2. The van der Waals surface area contributed by atoms with Gasteiger partial charge >= 0.3 is 6.09 Å². The topological polar surface area (TPSA) is 118 Å². The number of anilines is 3. The maximum absolute atomic E-state index is 12.9. The van der Waals surface area contributed by atoms with E-state index in [1.54, 1.807) is 28.8 Å². The molecule has 11 heteroatoms. The van der Waals surface area contributed by atoms with E-state index in [1.807, 2.05) is 32.9 Å². The molecule has 0 bridgehead atoms. The third-order valence-electron chi connectivity index (χ3n) is 6.77. The van der Waals surface area contributed by atoms with Crippen molar-refractivity contribution in [2.45, 2.75) is 65.0 Å². The molecule has 2 fully saturated rings. The van der Waals surface area contributed by atoms with Gasteiger partial charge in [-0.2, -0.15) is 4.98 Å². The number of hydrogen-bond donors (Lipinski definition) is 1. The number of fused-ring (bicyclic) bond motifs is 1. The molecule has 196 valence electrons. The molecule has 0 aromatic carbocycles. The Morgan fingerprint density at radius 1 is 1.03 bits per heavy atom. The highest BCUT2D eigenvalue weighted by Crippen LogP contribution is 2.30. The molecule has 1 aliphatic carbocycles. The summed E-state index contributed by atoms with van der Waals surface area (Å²) in [5.41, 5.74) is 2.02. The Hall–Kier alpha value is -3.76. The van der Waals surface area contributed by atoms with Crippen LogP contribution in [0.25, 0.3) is 11.2 Å². The summed E-state index contributed by atoms with van der Waals surface area (Å²) in [6.45, 7) is 9.94. The fourth-order valence-electron chi connectivity index (χ4n) is 4.92. The summed E-state index contributed by atoms with van der Waals surface area (Å²) < 4.78 is 7.28. The first-order valence-electron chi connectivity index (χ1n) is 12.9. The Bertz CT molecular complexity index is 1330. The molecular formula is C26H34N8O3. The van der Waals surface area contributed by atoms with Crippen molar-refractivity contribution in [1.29, 1.82) is 0 Å². The Morgan fingerprint density at radius 2 is 1.76 bits per heavy atom. The molecule has 0 spiro atoms. The van der Waals surface area contributed by atoms with Gasteiger partial charge in [0.05, 0.1) is 18.1 Å². The second kappa shape index (κ2) is 9.95. The largest absolute Gasteiger partial charge is 0.444 e. The number of ether oxygens (including phenoxy) is 1. The molecule has 1 saturated heterocycles. The van der Waals surface area contributed by atoms with Crippen LogP contribution in [0.2, 0.25) is 0 Å². The van der Waals surface area contributed by atoms with Crippen molar-refractivity contribution in [3.63, 3.8) is 0 Å². The van der Waals surface area contributed by atoms with Crippen LogP contribution in [-0.2, 0) is 4.74 Å². The van der Waals surface area contributed by atoms with Gasteiger partial charge < -0.3 is 19.9 Å². The van der Waals surface area contributed by atoms with Crippen LogP contribution in [-0.4, -0.2) is 67.3 Å². The average Bonchev–Trinajstić information content (AvgIpc) is 3.39. The van der Waals surface area contributed by atoms with Crippen LogP contribution in [0.4, 0.5) is 22.2 Å². The molecule has 2 aliphatic rings. The lowest BCUT2D eigenvalue weighted by Crippen LogP contribution is -2.50. The lowest BCUT2D eigenvalue weighted by atomic mass is 10.2. The monoisotopic (exact) mass is 506 g/mol. The SMILES string of the molecule is Cc1nc2cnc(Nc3ccc(N4CCN(C(=O)OC(C)(C)C)CC4)cn3)nc2n(C2CCCC2)c1=O. The molecule has 0 atom stereocenters. The van der Waals surface area contributed by atoms with E-state index >= 15 is 0 Å². The highest BCUT2D eigenvalue weighted by atomic mass is 16.6. The summed E-state index contributed by atoms with van der Waals surface area (Å²) in [7, 11) is 0. The molecule has 1 amide bonds. The number of aryl methyl sites for hydroxylation is 1. The Balaban J connectivity index is 1.27. The summed E-state index contributed by atoms with van der Waals surface area (Å²) in [5.74, 6) is 0.973. The molecule has 37 heavy (non-hydrogen) atoms. The first-order chi connectivity index (χ1) is 17.7. The third-order valence-corrected chi connectivity index (χ3v) is 6.77. The van der Waals surface area contributed by atoms with Gasteiger partial charge in [0.25, 0.3) is 5.56 Å². The maximum atomic E-state index is 12.9. The van der Waals surface area contributed by atoms with E-state index in [9.17, 15) is 9.59 Å². The van der Waals surface area contributed by atoms with Crippen LogP contribution in [0, 0.1) is 6.92 Å². The van der Waals surface area contributed by atoms with Crippen LogP contribution in [0.3, 0.4) is 0 Å². The number of piperazine rings is 1. The number of nitrogens with one attached hydrogen (secondary N) is 1. The Morgan fingerprint density at radius 3 is 2.41 bits per heavy atom. The lowest BCUT2D eigenvalue weighted by molar-refractivity contribution is 0.0240. The van der Waals surface area contributed by atoms with Crippen molar-refractivity contribution in [1.82, 2.24) is 29.4 Å². The van der Waals surface area contributed by atoms with Crippen molar-refractivity contribution in [3.8, 4) is 0 Å². The van der Waals surface area contributed by atoms with E-state index in [0.717, 1.165) is 31.4 Å². The van der Waals surface area contributed by atoms with Crippen molar-refractivity contribution in [2.24, 2.45) is 0 Å². The van der Waals surface area contributed by atoms with Crippen LogP contribution < -0.4 is 15.8 Å². The van der Waals surface area contributed by atoms with Gasteiger partial charge in [0.15, 0.2) is 5.65 Å². The molecule has 4 heterocycles. The number of aromatic nitrogens is 5. The van der Waals surface area contributed by atoms with Gasteiger partial charge in [-0.1, -0.05) is 12.8 Å². The number of hydrogen-bond acceptors (Lipinski definition) is 9. The second-order valence-corrected chi connectivity index (χ2v) is 10.7. The van der Waals surface area contributed by atoms with Gasteiger partial charge in [-0.25, -0.2) is 19.7 Å². The highest BCUT2D eigenvalue weighted by molar-refractivity contribution is 5.71. The van der Waals surface area contributed by atoms with Gasteiger partial charge in [0.2, 0.25) is 5.95 Å². The van der Waals surface area contributed by atoms with Gasteiger partial charge in [-0.15, -0.1) is 0 Å². The number of carbonyl (C=O) groups is 1. The Kier molecular flexibility index (Phi) is 6.70. The van der Waals surface area contributed by atoms with Crippen molar-refractivity contribution < 1.29 is 9.53 Å². The third kappa shape index (κ3) is 5.50. The molecule has 1 saturated carbocycles. The van der Waals surface area contributed by atoms with Crippen LogP contribution in [0.1, 0.15) is 58.2 Å². The first kappa shape index (κ1) is 24.9. The first-order valence-corrected chi connectivity index (χ1v) is 12.9. The van der Waals surface area contributed by atoms with Crippen molar-refractivity contribution in [2.75, 3.05) is 36.4 Å². The predicted molar refractivity (Wildman–Crippen MR) is 141 cm³/mol. The molecule has 5 rings (SSSR count). The molecule has 1 aliphatic heterocycles. The molecule has 0 unspecified atom stereocenters. The van der Waals surface area contributed by atoms with E-state index in [-0.39, 0.29) is 17.7 Å². The van der Waals surface area contributed by atoms with Crippen molar-refractivity contribution >= 4 is 34.7 Å². The maximum Gasteiger partial charge on any atom is 0.410 e. The fraction of sp³-hybridized carbons (Fsp3) is 0.538. The van der Waals surface area contributed by atoms with E-state index in [1.165, 1.54) is 0 Å². The standard InChI is InChI=1S/C26H34N8O3/c1-17-23(35)34(18-7-5-6-8-18)22-20(29-17)16-28-24(31-22)30-21-10-9-19(15-27-21)32-11-13-33(14-12-32)25(36)37-26(2,3)4/h9-10,15-16,18H,5-8,11-14H2,1-4H3,(H,27,28,30,31). The number of carbonyl (C=O) groups excluding carboxylic acids is 1. The van der Waals surface area contributed by atoms with Crippen LogP contribution >= 0.6 is 0 Å². The van der Waals surface area contributed by atoms with E-state index in [4.69, 9.17) is 4.74 Å². The van der Waals surface area contributed by atoms with E-state index < -0.39 is 5.60 Å². The van der Waals surface area contributed by atoms with E-state index in [2.05, 4.69) is 30.2 Å². The van der Waals surface area contributed by atoms with Crippen molar-refractivity contribution in [3.05, 3.63) is 40.6 Å². The van der Waals surface area contributed by atoms with Gasteiger partial charge in [0, 0.05) is 32.2 Å².